The van der Waals surface area contributed by atoms with E-state index in [-0.39, 0.29) is 45.9 Å². The van der Waals surface area contributed by atoms with Gasteiger partial charge in [-0.15, -0.1) is 0 Å². The average Bonchev–Trinajstić information content (AvgIpc) is 2.29. The zero-order valence-electron chi connectivity index (χ0n) is 11.7. The molecule has 0 spiro atoms. The number of carbonyl (C=O) groups excluding carboxylic acids is 2. The number of hydrogen-bond acceptors (Lipinski definition) is 5. The van der Waals surface area contributed by atoms with Gasteiger partial charge in [0.15, 0.2) is 0 Å². The maximum atomic E-state index is 11.6. The van der Waals surface area contributed by atoms with E-state index < -0.39 is 32.1 Å². The fourth-order valence-electron chi connectivity index (χ4n) is 1.09. The van der Waals surface area contributed by atoms with Crippen LogP contribution in [0.5, 0.6) is 0 Å². The van der Waals surface area contributed by atoms with Crippen LogP contribution in [0, 0.1) is 0 Å². The number of ether oxygens (including phenoxy) is 2. The predicted molar refractivity (Wildman–Crippen MR) is 67.5 cm³/mol. The molecule has 0 aromatic heterocycles. The largest absolute Gasteiger partial charge is 0.465 e. The Morgan fingerprint density at radius 2 is 1.32 bits per heavy atom. The molecule has 0 amide bonds. The quantitative estimate of drug-likeness (QED) is 0.474. The van der Waals surface area contributed by atoms with Gasteiger partial charge >= 0.3 is 11.9 Å². The molecule has 0 saturated heterocycles. The van der Waals surface area contributed by atoms with Gasteiger partial charge in [0.2, 0.25) is 8.10 Å². The van der Waals surface area contributed by atoms with Gasteiger partial charge in [-0.05, 0) is 27.7 Å². The Morgan fingerprint density at radius 3 is 1.58 bits per heavy atom. The Morgan fingerprint density at radius 1 is 1.00 bits per heavy atom. The second-order valence-electron chi connectivity index (χ2n) is 3.57. The fourth-order valence-corrected chi connectivity index (χ4v) is 2.19. The van der Waals surface area contributed by atoms with Gasteiger partial charge in [0.05, 0.1) is 13.2 Å². The number of hydrogen-bond donors (Lipinski definition) is 2. The molecule has 2 atom stereocenters. The normalized spacial score (nSPS) is 14.7. The molecule has 0 aliphatic rings. The van der Waals surface area contributed by atoms with Crippen LogP contribution in [0.4, 0.5) is 0 Å². The van der Waals surface area contributed by atoms with Crippen molar-refractivity contribution in [3.8, 4) is 0 Å². The van der Waals surface area contributed by atoms with Crippen molar-refractivity contribution >= 4 is 20.0 Å². The Kier molecular flexibility index (Phi) is 13.5. The van der Waals surface area contributed by atoms with Crippen LogP contribution < -0.4 is 10.2 Å². The molecule has 0 fully saturated rings. The summed E-state index contributed by atoms with van der Waals surface area (Å²) in [4.78, 5) is 22.5. The minimum absolute atomic E-state index is 0. The first-order chi connectivity index (χ1) is 8.42. The van der Waals surface area contributed by atoms with E-state index >= 15 is 0 Å². The van der Waals surface area contributed by atoms with Gasteiger partial charge in [0.1, 0.15) is 12.1 Å². The Labute approximate surface area is 139 Å². The van der Waals surface area contributed by atoms with Crippen LogP contribution in [0.2, 0.25) is 0 Å². The van der Waals surface area contributed by atoms with Crippen molar-refractivity contribution in [2.24, 2.45) is 0 Å². The second kappa shape index (κ2) is 12.0. The summed E-state index contributed by atoms with van der Waals surface area (Å²) < 4.78 is 21.1. The summed E-state index contributed by atoms with van der Waals surface area (Å²) in [7, 11) is -2.46. The number of rotatable bonds is 8. The van der Waals surface area contributed by atoms with E-state index in [4.69, 9.17) is 9.47 Å². The summed E-state index contributed by atoms with van der Waals surface area (Å²) in [6, 6.07) is -1.39. The van der Waals surface area contributed by atoms with E-state index in [0.717, 1.165) is 0 Å². The standard InChI is InChI=1S/C10H21N2O5P.Y/c1-5-16-9(13)7(3)11-18(15)12-8(4)10(14)17-6-2;/h7-8,18H,5-6H2,1-4H3,(H2,11,12,15);. The molecule has 19 heavy (non-hydrogen) atoms. The summed E-state index contributed by atoms with van der Waals surface area (Å²) in [6.45, 7) is 6.98. The van der Waals surface area contributed by atoms with Crippen LogP contribution in [-0.4, -0.2) is 37.2 Å². The van der Waals surface area contributed by atoms with Crippen LogP contribution in [0.1, 0.15) is 27.7 Å². The zero-order chi connectivity index (χ0) is 14.1. The van der Waals surface area contributed by atoms with Crippen molar-refractivity contribution in [1.29, 1.82) is 0 Å². The molecule has 0 saturated carbocycles. The van der Waals surface area contributed by atoms with Crippen LogP contribution in [0.25, 0.3) is 0 Å². The molecule has 7 nitrogen and oxygen atoms in total. The van der Waals surface area contributed by atoms with Gasteiger partial charge in [0, 0.05) is 32.7 Å². The molecule has 0 aromatic rings. The first-order valence-electron chi connectivity index (χ1n) is 5.82. The SMILES string of the molecule is CCOC(=O)C(C)N[PH](=O)NC(C)C(=O)OCC.[Y]. The van der Waals surface area contributed by atoms with E-state index in [1.54, 1.807) is 13.8 Å². The van der Waals surface area contributed by atoms with E-state index in [0.29, 0.717) is 0 Å². The topological polar surface area (TPSA) is 93.7 Å². The Balaban J connectivity index is 0. The molecule has 2 unspecified atom stereocenters. The van der Waals surface area contributed by atoms with E-state index in [2.05, 4.69) is 10.2 Å². The van der Waals surface area contributed by atoms with Gasteiger partial charge < -0.3 is 9.47 Å². The number of nitrogens with one attached hydrogen (secondary N) is 2. The predicted octanol–water partition coefficient (Wildman–Crippen LogP) is 0.456. The van der Waals surface area contributed by atoms with Gasteiger partial charge in [0.25, 0.3) is 0 Å². The van der Waals surface area contributed by atoms with Gasteiger partial charge in [-0.1, -0.05) is 0 Å². The summed E-state index contributed by atoms with van der Waals surface area (Å²) in [5.74, 6) is -0.970. The Bertz CT molecular complexity index is 288. The monoisotopic (exact) mass is 369 g/mol. The third-order valence-electron chi connectivity index (χ3n) is 1.98. The molecule has 9 heteroatoms. The van der Waals surface area contributed by atoms with Crippen LogP contribution >= 0.6 is 8.10 Å². The first kappa shape index (κ1) is 21.5. The maximum Gasteiger partial charge on any atom is 0.323 e. The van der Waals surface area contributed by atoms with Gasteiger partial charge in [-0.3, -0.25) is 14.2 Å². The van der Waals surface area contributed by atoms with E-state index in [1.165, 1.54) is 13.8 Å². The third kappa shape index (κ3) is 9.69. The summed E-state index contributed by atoms with van der Waals surface area (Å²) in [6.07, 6.45) is 0. The fraction of sp³-hybridized carbons (Fsp3) is 0.800. The summed E-state index contributed by atoms with van der Waals surface area (Å²) in [5.41, 5.74) is 0. The summed E-state index contributed by atoms with van der Waals surface area (Å²) in [5, 5.41) is 5.09. The van der Waals surface area contributed by atoms with Crippen molar-refractivity contribution < 1.29 is 56.3 Å². The molecular weight excluding hydrogens is 348 g/mol. The van der Waals surface area contributed by atoms with Crippen molar-refractivity contribution in [2.75, 3.05) is 13.2 Å². The number of carbonyl (C=O) groups is 2. The van der Waals surface area contributed by atoms with Gasteiger partial charge in [-0.25, -0.2) is 10.2 Å². The molecule has 0 rings (SSSR count). The average molecular weight is 369 g/mol. The molecule has 0 aliphatic heterocycles. The number of esters is 2. The molecule has 0 heterocycles. The molecule has 0 bridgehead atoms. The first-order valence-corrected chi connectivity index (χ1v) is 7.23. The summed E-state index contributed by atoms with van der Waals surface area (Å²) >= 11 is 0. The van der Waals surface area contributed by atoms with Crippen molar-refractivity contribution in [3.05, 3.63) is 0 Å². The smallest absolute Gasteiger partial charge is 0.323 e. The van der Waals surface area contributed by atoms with Crippen molar-refractivity contribution in [2.45, 2.75) is 39.8 Å². The van der Waals surface area contributed by atoms with Gasteiger partial charge in [-0.2, -0.15) is 0 Å². The molecule has 0 aliphatic carbocycles. The minimum atomic E-state index is -2.46. The molecular formula is C10H21N2O5PY. The van der Waals surface area contributed by atoms with Crippen molar-refractivity contribution in [1.82, 2.24) is 10.2 Å². The third-order valence-corrected chi connectivity index (χ3v) is 3.37. The van der Waals surface area contributed by atoms with Crippen LogP contribution in [0.3, 0.4) is 0 Å². The zero-order valence-corrected chi connectivity index (χ0v) is 15.5. The van der Waals surface area contributed by atoms with Crippen LogP contribution in [-0.2, 0) is 56.3 Å². The van der Waals surface area contributed by atoms with E-state index in [9.17, 15) is 14.2 Å². The Hall–Kier alpha value is 0.194. The second-order valence-corrected chi connectivity index (χ2v) is 4.80. The maximum absolute atomic E-state index is 11.6. The minimum Gasteiger partial charge on any atom is -0.465 e. The molecule has 1 radical (unpaired) electrons. The molecule has 109 valence electrons. The molecule has 0 aromatic carbocycles. The van der Waals surface area contributed by atoms with E-state index in [1.807, 2.05) is 0 Å². The van der Waals surface area contributed by atoms with Crippen LogP contribution in [0.15, 0.2) is 0 Å². The molecule has 2 N–H and O–H groups in total. The van der Waals surface area contributed by atoms with Crippen molar-refractivity contribution in [3.63, 3.8) is 0 Å².